The zero-order valence-electron chi connectivity index (χ0n) is 13.9. The van der Waals surface area contributed by atoms with E-state index in [1.165, 1.54) is 13.2 Å². The number of nitrogens with zero attached hydrogens (tertiary/aromatic N) is 1. The van der Waals surface area contributed by atoms with Gasteiger partial charge in [-0.05, 0) is 41.8 Å². The van der Waals surface area contributed by atoms with Crippen LogP contribution in [-0.4, -0.2) is 18.0 Å². The fraction of sp³-hybridized carbons (Fsp3) is 0.0500. The third kappa shape index (κ3) is 2.88. The maximum atomic E-state index is 12.5. The normalized spacial score (nSPS) is 10.8. The van der Waals surface area contributed by atoms with Crippen molar-refractivity contribution in [3.63, 3.8) is 0 Å². The third-order valence-electron chi connectivity index (χ3n) is 4.04. The van der Waals surface area contributed by atoms with Gasteiger partial charge in [0.05, 0.1) is 29.9 Å². The Labute approximate surface area is 148 Å². The van der Waals surface area contributed by atoms with Gasteiger partial charge in [-0.2, -0.15) is 0 Å². The number of rotatable bonds is 3. The maximum Gasteiger partial charge on any atom is 0.344 e. The second-order valence-corrected chi connectivity index (χ2v) is 5.72. The van der Waals surface area contributed by atoms with Crippen molar-refractivity contribution in [2.45, 2.75) is 0 Å². The molecule has 0 unspecified atom stereocenters. The number of ether oxygens (including phenoxy) is 1. The first kappa shape index (κ1) is 15.8. The number of hydrogen-bond donors (Lipinski definition) is 1. The lowest BCUT2D eigenvalue weighted by Crippen LogP contribution is -2.15. The second kappa shape index (κ2) is 6.33. The number of benzene rings is 2. The number of anilines is 1. The first-order chi connectivity index (χ1) is 12.6. The number of aromatic nitrogens is 1. The van der Waals surface area contributed by atoms with Crippen LogP contribution in [0.5, 0.6) is 5.75 Å². The number of amides is 1. The maximum absolute atomic E-state index is 12.5. The molecule has 0 aliphatic carbocycles. The zero-order chi connectivity index (χ0) is 18.1. The predicted molar refractivity (Wildman–Crippen MR) is 98.7 cm³/mol. The van der Waals surface area contributed by atoms with Gasteiger partial charge in [0, 0.05) is 5.39 Å². The van der Waals surface area contributed by atoms with E-state index >= 15 is 0 Å². The van der Waals surface area contributed by atoms with E-state index in [-0.39, 0.29) is 5.76 Å². The van der Waals surface area contributed by atoms with Crippen LogP contribution >= 0.6 is 0 Å². The third-order valence-corrected chi connectivity index (χ3v) is 4.04. The van der Waals surface area contributed by atoms with Gasteiger partial charge in [0.25, 0.3) is 5.91 Å². The van der Waals surface area contributed by atoms with Gasteiger partial charge < -0.3 is 14.5 Å². The molecular formula is C20H14N2O4. The van der Waals surface area contributed by atoms with Crippen LogP contribution in [0.2, 0.25) is 0 Å². The summed E-state index contributed by atoms with van der Waals surface area (Å²) in [4.78, 5) is 28.9. The Morgan fingerprint density at radius 3 is 2.77 bits per heavy atom. The van der Waals surface area contributed by atoms with Crippen molar-refractivity contribution in [2.75, 3.05) is 12.4 Å². The molecular weight excluding hydrogens is 332 g/mol. The smallest absolute Gasteiger partial charge is 0.344 e. The summed E-state index contributed by atoms with van der Waals surface area (Å²) < 4.78 is 10.3. The van der Waals surface area contributed by atoms with Crippen molar-refractivity contribution < 1.29 is 13.9 Å². The van der Waals surface area contributed by atoms with Crippen LogP contribution in [0.25, 0.3) is 21.7 Å². The molecule has 0 spiro atoms. The lowest BCUT2D eigenvalue weighted by Gasteiger charge is -2.07. The Bertz CT molecular complexity index is 1200. The van der Waals surface area contributed by atoms with Crippen LogP contribution in [0.3, 0.4) is 0 Å². The highest BCUT2D eigenvalue weighted by Crippen LogP contribution is 2.21. The summed E-state index contributed by atoms with van der Waals surface area (Å²) in [6, 6.07) is 15.9. The number of carbonyl (C=O) groups is 1. The number of nitrogens with one attached hydrogen (secondary N) is 1. The molecule has 4 aromatic rings. The Kier molecular flexibility index (Phi) is 3.85. The van der Waals surface area contributed by atoms with E-state index in [2.05, 4.69) is 10.3 Å². The number of fused-ring (bicyclic) bond motifs is 2. The van der Waals surface area contributed by atoms with E-state index < -0.39 is 11.5 Å². The standard InChI is InChI=1S/C20H14N2O4/c1-25-15-6-7-16-13(9-15)10-18(26-20(16)24)19(23)22-14-8-12-4-2-3-5-17(12)21-11-14/h2-11H,1H3,(H,22,23). The lowest BCUT2D eigenvalue weighted by atomic mass is 10.1. The molecule has 0 saturated carbocycles. The van der Waals surface area contributed by atoms with Crippen LogP contribution in [0, 0.1) is 0 Å². The van der Waals surface area contributed by atoms with E-state index in [4.69, 9.17) is 9.15 Å². The van der Waals surface area contributed by atoms with Gasteiger partial charge in [-0.25, -0.2) is 4.79 Å². The van der Waals surface area contributed by atoms with Gasteiger partial charge in [-0.15, -0.1) is 0 Å². The molecule has 2 aromatic carbocycles. The average molecular weight is 346 g/mol. The summed E-state index contributed by atoms with van der Waals surface area (Å²) in [6.07, 6.45) is 1.56. The highest BCUT2D eigenvalue weighted by molar-refractivity contribution is 6.04. The highest BCUT2D eigenvalue weighted by atomic mass is 16.5. The van der Waals surface area contributed by atoms with Crippen LogP contribution in [0.4, 0.5) is 5.69 Å². The Morgan fingerprint density at radius 1 is 1.08 bits per heavy atom. The Morgan fingerprint density at radius 2 is 1.92 bits per heavy atom. The number of methoxy groups -OCH3 is 1. The molecule has 0 aliphatic heterocycles. The minimum Gasteiger partial charge on any atom is -0.497 e. The highest BCUT2D eigenvalue weighted by Gasteiger charge is 2.13. The molecule has 0 saturated heterocycles. The number of hydrogen-bond acceptors (Lipinski definition) is 5. The molecule has 1 amide bonds. The summed E-state index contributed by atoms with van der Waals surface area (Å²) in [5.74, 6) is -0.0130. The first-order valence-electron chi connectivity index (χ1n) is 7.92. The molecule has 1 N–H and O–H groups in total. The summed E-state index contributed by atoms with van der Waals surface area (Å²) in [7, 11) is 1.53. The quantitative estimate of drug-likeness (QED) is 0.613. The molecule has 4 rings (SSSR count). The monoisotopic (exact) mass is 346 g/mol. The molecule has 0 radical (unpaired) electrons. The minimum atomic E-state index is -0.577. The van der Waals surface area contributed by atoms with Crippen molar-refractivity contribution in [2.24, 2.45) is 0 Å². The first-order valence-corrected chi connectivity index (χ1v) is 7.92. The van der Waals surface area contributed by atoms with Gasteiger partial charge >= 0.3 is 5.63 Å². The summed E-state index contributed by atoms with van der Waals surface area (Å²) in [5.41, 5.74) is 0.767. The largest absolute Gasteiger partial charge is 0.497 e. The van der Waals surface area contributed by atoms with E-state index in [1.807, 2.05) is 30.3 Å². The molecule has 0 fully saturated rings. The van der Waals surface area contributed by atoms with Crippen molar-refractivity contribution in [3.05, 3.63) is 77.0 Å². The molecule has 0 aliphatic rings. The van der Waals surface area contributed by atoms with Gasteiger partial charge in [-0.1, -0.05) is 18.2 Å². The summed E-state index contributed by atoms with van der Waals surface area (Å²) in [6.45, 7) is 0. The van der Waals surface area contributed by atoms with E-state index in [9.17, 15) is 9.59 Å². The van der Waals surface area contributed by atoms with Crippen molar-refractivity contribution in [3.8, 4) is 5.75 Å². The molecule has 0 atom stereocenters. The Balaban J connectivity index is 1.69. The predicted octanol–water partition coefficient (Wildman–Crippen LogP) is 3.60. The molecule has 0 bridgehead atoms. The topological polar surface area (TPSA) is 81.4 Å². The van der Waals surface area contributed by atoms with Gasteiger partial charge in [0.1, 0.15) is 5.75 Å². The fourth-order valence-electron chi connectivity index (χ4n) is 2.74. The average Bonchev–Trinajstić information content (AvgIpc) is 2.67. The minimum absolute atomic E-state index is 0.0797. The van der Waals surface area contributed by atoms with Crippen molar-refractivity contribution >= 4 is 33.3 Å². The van der Waals surface area contributed by atoms with Gasteiger partial charge in [0.2, 0.25) is 0 Å². The number of para-hydroxylation sites is 1. The number of carbonyl (C=O) groups excluding carboxylic acids is 1. The van der Waals surface area contributed by atoms with Crippen LogP contribution in [0.15, 0.2) is 70.0 Å². The fourth-order valence-corrected chi connectivity index (χ4v) is 2.74. The van der Waals surface area contributed by atoms with E-state index in [0.717, 1.165) is 10.9 Å². The van der Waals surface area contributed by atoms with Crippen LogP contribution < -0.4 is 15.7 Å². The molecule has 2 heterocycles. The lowest BCUT2D eigenvalue weighted by molar-refractivity contribution is 0.0993. The van der Waals surface area contributed by atoms with Crippen molar-refractivity contribution in [1.82, 2.24) is 4.98 Å². The summed E-state index contributed by atoms with van der Waals surface area (Å²) >= 11 is 0. The SMILES string of the molecule is COc1ccc2c(=O)oc(C(=O)Nc3cnc4ccccc4c3)cc2c1. The molecule has 6 heteroatoms. The van der Waals surface area contributed by atoms with Gasteiger partial charge in [0.15, 0.2) is 5.76 Å². The Hall–Kier alpha value is -3.67. The van der Waals surface area contributed by atoms with E-state index in [0.29, 0.717) is 22.2 Å². The van der Waals surface area contributed by atoms with Gasteiger partial charge in [-0.3, -0.25) is 9.78 Å². The zero-order valence-corrected chi connectivity index (χ0v) is 13.9. The van der Waals surface area contributed by atoms with Crippen LogP contribution in [0.1, 0.15) is 10.6 Å². The van der Waals surface area contributed by atoms with Crippen molar-refractivity contribution in [1.29, 1.82) is 0 Å². The number of pyridine rings is 1. The molecule has 6 nitrogen and oxygen atoms in total. The molecule has 26 heavy (non-hydrogen) atoms. The summed E-state index contributed by atoms with van der Waals surface area (Å²) in [5, 5.41) is 4.56. The molecule has 128 valence electrons. The van der Waals surface area contributed by atoms with E-state index in [1.54, 1.807) is 24.4 Å². The molecule has 2 aromatic heterocycles. The van der Waals surface area contributed by atoms with Crippen LogP contribution in [-0.2, 0) is 0 Å². The second-order valence-electron chi connectivity index (χ2n) is 5.72.